The van der Waals surface area contributed by atoms with Gasteiger partial charge >= 0.3 is 6.03 Å². The molecule has 0 aromatic carbocycles. The highest BCUT2D eigenvalue weighted by Gasteiger charge is 2.46. The number of anilines is 1. The van der Waals surface area contributed by atoms with Gasteiger partial charge in [-0.3, -0.25) is 9.69 Å². The predicted molar refractivity (Wildman–Crippen MR) is 65.5 cm³/mol. The Hall–Kier alpha value is -1.74. The van der Waals surface area contributed by atoms with Crippen LogP contribution in [0.5, 0.6) is 0 Å². The molecule has 1 atom stereocenters. The molecule has 1 unspecified atom stereocenters. The first-order valence-electron chi connectivity index (χ1n) is 5.43. The smallest absolute Gasteiger partial charge is 0.323 e. The second kappa shape index (κ2) is 4.50. The molecule has 0 radical (unpaired) electrons. The van der Waals surface area contributed by atoms with Gasteiger partial charge in [-0.15, -0.1) is 5.10 Å². The third-order valence-electron chi connectivity index (χ3n) is 3.05. The van der Waals surface area contributed by atoms with E-state index in [0.717, 1.165) is 16.4 Å². The second-order valence-corrected chi connectivity index (χ2v) is 4.95. The molecule has 1 fully saturated rings. The van der Waals surface area contributed by atoms with Crippen molar-refractivity contribution in [2.75, 3.05) is 5.43 Å². The molecule has 18 heavy (non-hydrogen) atoms. The lowest BCUT2D eigenvalue weighted by atomic mass is 9.99. The molecule has 9 heteroatoms. The minimum absolute atomic E-state index is 0.0658. The lowest BCUT2D eigenvalue weighted by molar-refractivity contribution is -0.131. The van der Waals surface area contributed by atoms with E-state index >= 15 is 0 Å². The molecule has 1 saturated heterocycles. The van der Waals surface area contributed by atoms with E-state index in [0.29, 0.717) is 17.1 Å². The SMILES string of the molecule is CCC1(C)NC(=O)N(Cc2nnsc2NN)C1=O. The number of hydrogen-bond acceptors (Lipinski definition) is 7. The average Bonchev–Trinajstić information content (AvgIpc) is 2.88. The quantitative estimate of drug-likeness (QED) is 0.404. The number of imide groups is 1. The van der Waals surface area contributed by atoms with Crippen molar-refractivity contribution in [3.05, 3.63) is 5.69 Å². The molecule has 0 bridgehead atoms. The van der Waals surface area contributed by atoms with Crippen molar-refractivity contribution in [3.63, 3.8) is 0 Å². The van der Waals surface area contributed by atoms with Gasteiger partial charge in [0.05, 0.1) is 6.54 Å². The Morgan fingerprint density at radius 3 is 2.83 bits per heavy atom. The fourth-order valence-corrected chi connectivity index (χ4v) is 2.19. The van der Waals surface area contributed by atoms with Gasteiger partial charge in [0.25, 0.3) is 5.91 Å². The van der Waals surface area contributed by atoms with Gasteiger partial charge in [0.2, 0.25) is 0 Å². The summed E-state index contributed by atoms with van der Waals surface area (Å²) in [6.07, 6.45) is 0.533. The summed E-state index contributed by atoms with van der Waals surface area (Å²) in [6.45, 7) is 3.61. The Bertz CT molecular complexity index is 489. The van der Waals surface area contributed by atoms with Crippen molar-refractivity contribution in [2.24, 2.45) is 5.84 Å². The van der Waals surface area contributed by atoms with Crippen molar-refractivity contribution in [3.8, 4) is 0 Å². The highest BCUT2D eigenvalue weighted by Crippen LogP contribution is 2.25. The maximum atomic E-state index is 12.1. The van der Waals surface area contributed by atoms with Crippen LogP contribution < -0.4 is 16.6 Å². The molecule has 8 nitrogen and oxygen atoms in total. The average molecular weight is 270 g/mol. The zero-order valence-corrected chi connectivity index (χ0v) is 10.9. The summed E-state index contributed by atoms with van der Waals surface area (Å²) >= 11 is 1.07. The van der Waals surface area contributed by atoms with Crippen molar-refractivity contribution < 1.29 is 9.59 Å². The van der Waals surface area contributed by atoms with E-state index in [4.69, 9.17) is 5.84 Å². The number of rotatable bonds is 4. The number of amides is 3. The fraction of sp³-hybridized carbons (Fsp3) is 0.556. The van der Waals surface area contributed by atoms with E-state index in [1.165, 1.54) is 0 Å². The molecule has 4 N–H and O–H groups in total. The Balaban J connectivity index is 2.20. The molecular weight excluding hydrogens is 256 g/mol. The molecular formula is C9H14N6O2S. The molecule has 1 aromatic rings. The fourth-order valence-electron chi connectivity index (χ4n) is 1.70. The molecule has 0 aliphatic carbocycles. The molecule has 98 valence electrons. The van der Waals surface area contributed by atoms with Crippen LogP contribution in [0.15, 0.2) is 0 Å². The zero-order chi connectivity index (χ0) is 13.3. The van der Waals surface area contributed by atoms with Crippen LogP contribution in [0.25, 0.3) is 0 Å². The molecule has 1 aromatic heterocycles. The largest absolute Gasteiger partial charge is 0.325 e. The topological polar surface area (TPSA) is 113 Å². The summed E-state index contributed by atoms with van der Waals surface area (Å²) < 4.78 is 3.72. The minimum atomic E-state index is -0.836. The second-order valence-electron chi connectivity index (χ2n) is 4.20. The summed E-state index contributed by atoms with van der Waals surface area (Å²) in [7, 11) is 0. The molecule has 0 saturated carbocycles. The first-order chi connectivity index (χ1) is 8.51. The van der Waals surface area contributed by atoms with Gasteiger partial charge in [0.1, 0.15) is 16.2 Å². The monoisotopic (exact) mass is 270 g/mol. The first-order valence-corrected chi connectivity index (χ1v) is 6.21. The van der Waals surface area contributed by atoms with Gasteiger partial charge in [-0.05, 0) is 13.3 Å². The summed E-state index contributed by atoms with van der Waals surface area (Å²) in [6, 6.07) is -0.416. The van der Waals surface area contributed by atoms with E-state index in [9.17, 15) is 9.59 Å². The normalized spacial score (nSPS) is 23.4. The summed E-state index contributed by atoms with van der Waals surface area (Å²) in [5, 5.41) is 7.06. The Morgan fingerprint density at radius 1 is 1.56 bits per heavy atom. The van der Waals surface area contributed by atoms with Crippen molar-refractivity contribution in [2.45, 2.75) is 32.4 Å². The number of hydrogen-bond donors (Lipinski definition) is 3. The highest BCUT2D eigenvalue weighted by molar-refractivity contribution is 7.10. The van der Waals surface area contributed by atoms with Crippen molar-refractivity contribution in [1.29, 1.82) is 0 Å². The maximum Gasteiger partial charge on any atom is 0.325 e. The van der Waals surface area contributed by atoms with Gasteiger partial charge < -0.3 is 10.7 Å². The summed E-state index contributed by atoms with van der Waals surface area (Å²) in [4.78, 5) is 25.0. The van der Waals surface area contributed by atoms with Crippen LogP contribution in [0.3, 0.4) is 0 Å². The molecule has 1 aliphatic heterocycles. The predicted octanol–water partition coefficient (Wildman–Crippen LogP) is 0.0442. The summed E-state index contributed by atoms with van der Waals surface area (Å²) in [5.41, 5.74) is 2.08. The number of nitrogens with zero attached hydrogens (tertiary/aromatic N) is 3. The number of nitrogens with two attached hydrogens (primary N) is 1. The lowest BCUT2D eigenvalue weighted by Crippen LogP contribution is -2.43. The van der Waals surface area contributed by atoms with Crippen LogP contribution in [-0.4, -0.2) is 32.0 Å². The van der Waals surface area contributed by atoms with E-state index in [2.05, 4.69) is 20.3 Å². The molecule has 3 amide bonds. The van der Waals surface area contributed by atoms with Gasteiger partial charge in [-0.1, -0.05) is 11.4 Å². The Kier molecular flexibility index (Phi) is 3.18. The van der Waals surface area contributed by atoms with Crippen LogP contribution in [-0.2, 0) is 11.3 Å². The number of nitrogens with one attached hydrogen (secondary N) is 2. The van der Waals surface area contributed by atoms with Crippen LogP contribution in [0, 0.1) is 0 Å². The van der Waals surface area contributed by atoms with Gasteiger partial charge in [0, 0.05) is 11.5 Å². The van der Waals surface area contributed by atoms with Gasteiger partial charge in [-0.2, -0.15) is 0 Å². The van der Waals surface area contributed by atoms with E-state index in [1.807, 2.05) is 6.92 Å². The molecule has 0 spiro atoms. The Labute approximate surface area is 108 Å². The van der Waals surface area contributed by atoms with Crippen LogP contribution in [0.4, 0.5) is 9.80 Å². The summed E-state index contributed by atoms with van der Waals surface area (Å²) in [5.74, 6) is 5.04. The zero-order valence-electron chi connectivity index (χ0n) is 10.1. The molecule has 1 aliphatic rings. The first kappa shape index (κ1) is 12.7. The lowest BCUT2D eigenvalue weighted by Gasteiger charge is -2.18. The maximum absolute atomic E-state index is 12.1. The Morgan fingerprint density at radius 2 is 2.28 bits per heavy atom. The molecule has 2 heterocycles. The van der Waals surface area contributed by atoms with E-state index in [1.54, 1.807) is 6.92 Å². The number of hydrazine groups is 1. The molecule has 2 rings (SSSR count). The highest BCUT2D eigenvalue weighted by atomic mass is 32.1. The van der Waals surface area contributed by atoms with Crippen molar-refractivity contribution >= 4 is 28.5 Å². The third kappa shape index (κ3) is 1.91. The van der Waals surface area contributed by atoms with Crippen LogP contribution >= 0.6 is 11.5 Å². The van der Waals surface area contributed by atoms with E-state index < -0.39 is 11.6 Å². The van der Waals surface area contributed by atoms with E-state index in [-0.39, 0.29) is 12.5 Å². The van der Waals surface area contributed by atoms with Crippen LogP contribution in [0.1, 0.15) is 26.0 Å². The number of nitrogen functional groups attached to an aromatic ring is 1. The minimum Gasteiger partial charge on any atom is -0.323 e. The number of aromatic nitrogens is 2. The number of carbonyl (C=O) groups excluding carboxylic acids is 2. The third-order valence-corrected chi connectivity index (χ3v) is 3.75. The van der Waals surface area contributed by atoms with Gasteiger partial charge in [0.15, 0.2) is 0 Å². The van der Waals surface area contributed by atoms with Crippen LogP contribution in [0.2, 0.25) is 0 Å². The number of urea groups is 1. The number of carbonyl (C=O) groups is 2. The van der Waals surface area contributed by atoms with Crippen molar-refractivity contribution in [1.82, 2.24) is 19.8 Å². The standard InChI is InChI=1S/C9H14N6O2S/c1-3-9(2)7(16)15(8(17)11-9)4-5-6(12-10)18-14-13-5/h12H,3-4,10H2,1-2H3,(H,11,17). The van der Waals surface area contributed by atoms with Gasteiger partial charge in [-0.25, -0.2) is 10.6 Å².